The Morgan fingerprint density at radius 3 is 2.39 bits per heavy atom. The summed E-state index contributed by atoms with van der Waals surface area (Å²) < 4.78 is 0. The Hall–Kier alpha value is -2.13. The topological polar surface area (TPSA) is 50.7 Å². The molecular formula is C14H10ClN3. The first-order chi connectivity index (χ1) is 8.75. The molecule has 3 rings (SSSR count). The van der Waals surface area contributed by atoms with E-state index in [1.807, 2.05) is 42.5 Å². The van der Waals surface area contributed by atoms with Crippen LogP contribution in [-0.2, 0) is 0 Å². The van der Waals surface area contributed by atoms with Crippen molar-refractivity contribution in [3.63, 3.8) is 0 Å². The van der Waals surface area contributed by atoms with Gasteiger partial charge in [0.15, 0.2) is 5.84 Å². The monoisotopic (exact) mass is 255 g/mol. The molecule has 0 atom stereocenters. The van der Waals surface area contributed by atoms with Crippen molar-refractivity contribution in [2.45, 2.75) is 0 Å². The second kappa shape index (κ2) is 4.27. The highest BCUT2D eigenvalue weighted by Crippen LogP contribution is 2.27. The number of amidine groups is 2. The van der Waals surface area contributed by atoms with Gasteiger partial charge in [-0.2, -0.15) is 0 Å². The molecule has 1 aliphatic rings. The van der Waals surface area contributed by atoms with Gasteiger partial charge in [-0.25, -0.2) is 9.98 Å². The van der Waals surface area contributed by atoms with Crippen molar-refractivity contribution >= 4 is 29.0 Å². The molecule has 0 radical (unpaired) electrons. The van der Waals surface area contributed by atoms with E-state index in [-0.39, 0.29) is 0 Å². The maximum atomic E-state index is 6.08. The van der Waals surface area contributed by atoms with Crippen molar-refractivity contribution in [1.82, 2.24) is 0 Å². The van der Waals surface area contributed by atoms with E-state index in [1.165, 1.54) is 0 Å². The van der Waals surface area contributed by atoms with Crippen LogP contribution >= 0.6 is 11.6 Å². The van der Waals surface area contributed by atoms with Crippen molar-refractivity contribution in [1.29, 1.82) is 0 Å². The molecule has 0 bridgehead atoms. The Balaban J connectivity index is 2.13. The van der Waals surface area contributed by atoms with Gasteiger partial charge in [0, 0.05) is 11.1 Å². The molecular weight excluding hydrogens is 246 g/mol. The lowest BCUT2D eigenvalue weighted by molar-refractivity contribution is 1.47. The molecule has 0 aliphatic carbocycles. The number of aliphatic imine (C=N–C) groups is 2. The quantitative estimate of drug-likeness (QED) is 0.836. The van der Waals surface area contributed by atoms with Crippen LogP contribution in [0.4, 0.5) is 5.69 Å². The van der Waals surface area contributed by atoms with E-state index in [0.717, 1.165) is 11.1 Å². The molecule has 1 heterocycles. The summed E-state index contributed by atoms with van der Waals surface area (Å²) in [5.74, 6) is 1.10. The third-order valence-corrected chi connectivity index (χ3v) is 3.07. The van der Waals surface area contributed by atoms with E-state index in [0.29, 0.717) is 22.4 Å². The molecule has 2 N–H and O–H groups in total. The molecule has 0 saturated carbocycles. The van der Waals surface area contributed by atoms with Gasteiger partial charge in [0.2, 0.25) is 0 Å². The number of halogens is 1. The van der Waals surface area contributed by atoms with E-state index >= 15 is 0 Å². The fourth-order valence-electron chi connectivity index (χ4n) is 1.88. The van der Waals surface area contributed by atoms with Gasteiger partial charge in [-0.05, 0) is 12.1 Å². The highest BCUT2D eigenvalue weighted by Gasteiger charge is 2.18. The van der Waals surface area contributed by atoms with Crippen LogP contribution in [0, 0.1) is 0 Å². The highest BCUT2D eigenvalue weighted by atomic mass is 35.5. The molecule has 2 aromatic rings. The van der Waals surface area contributed by atoms with E-state index in [4.69, 9.17) is 17.3 Å². The van der Waals surface area contributed by atoms with Crippen molar-refractivity contribution in [3.05, 3.63) is 64.7 Å². The molecule has 3 nitrogen and oxygen atoms in total. The van der Waals surface area contributed by atoms with Crippen LogP contribution in [0.25, 0.3) is 0 Å². The number of nitrogens with two attached hydrogens (primary N) is 1. The zero-order chi connectivity index (χ0) is 12.5. The summed E-state index contributed by atoms with van der Waals surface area (Å²) in [6, 6.07) is 15.2. The van der Waals surface area contributed by atoms with E-state index in [9.17, 15) is 0 Å². The van der Waals surface area contributed by atoms with Crippen molar-refractivity contribution in [3.8, 4) is 0 Å². The van der Waals surface area contributed by atoms with Crippen molar-refractivity contribution in [2.24, 2.45) is 15.7 Å². The van der Waals surface area contributed by atoms with Gasteiger partial charge in [-0.1, -0.05) is 48.0 Å². The zero-order valence-corrected chi connectivity index (χ0v) is 10.2. The SMILES string of the molecule is NC1=NC(=Nc2ccccc2Cl)c2ccccc21. The Morgan fingerprint density at radius 1 is 0.944 bits per heavy atom. The summed E-state index contributed by atoms with van der Waals surface area (Å²) >= 11 is 6.08. The Bertz CT molecular complexity index is 674. The van der Waals surface area contributed by atoms with Crippen LogP contribution in [0.15, 0.2) is 58.5 Å². The first kappa shape index (κ1) is 11.0. The molecule has 88 valence electrons. The van der Waals surface area contributed by atoms with E-state index in [1.54, 1.807) is 6.07 Å². The number of nitrogens with zero attached hydrogens (tertiary/aromatic N) is 2. The van der Waals surface area contributed by atoms with E-state index < -0.39 is 0 Å². The molecule has 0 amide bonds. The predicted molar refractivity (Wildman–Crippen MR) is 74.8 cm³/mol. The summed E-state index contributed by atoms with van der Waals surface area (Å²) in [7, 11) is 0. The summed E-state index contributed by atoms with van der Waals surface area (Å²) in [4.78, 5) is 8.75. The number of hydrogen-bond acceptors (Lipinski definition) is 2. The van der Waals surface area contributed by atoms with Gasteiger partial charge in [-0.3, -0.25) is 0 Å². The van der Waals surface area contributed by atoms with E-state index in [2.05, 4.69) is 9.98 Å². The van der Waals surface area contributed by atoms with Gasteiger partial charge in [0.05, 0.1) is 10.7 Å². The molecule has 0 spiro atoms. The van der Waals surface area contributed by atoms with Crippen LogP contribution in [-0.4, -0.2) is 11.7 Å². The average Bonchev–Trinajstić information content (AvgIpc) is 2.70. The molecule has 0 fully saturated rings. The number of rotatable bonds is 1. The van der Waals surface area contributed by atoms with Crippen LogP contribution in [0.3, 0.4) is 0 Å². The number of para-hydroxylation sites is 1. The van der Waals surface area contributed by atoms with Gasteiger partial charge in [0.25, 0.3) is 0 Å². The fourth-order valence-corrected chi connectivity index (χ4v) is 2.06. The lowest BCUT2D eigenvalue weighted by atomic mass is 10.1. The standard InChI is InChI=1S/C14H10ClN3/c15-11-7-3-4-8-12(11)17-14-10-6-2-1-5-9(10)13(16)18-14/h1-8H,(H2,16,17,18). The average molecular weight is 256 g/mol. The molecule has 0 unspecified atom stereocenters. The molecule has 0 aromatic heterocycles. The van der Waals surface area contributed by atoms with Crippen LogP contribution in [0.1, 0.15) is 11.1 Å². The Labute approximate surface area is 110 Å². The van der Waals surface area contributed by atoms with Crippen LogP contribution in [0.2, 0.25) is 5.02 Å². The summed E-state index contributed by atoms with van der Waals surface area (Å²) in [5, 5.41) is 0.600. The molecule has 2 aromatic carbocycles. The van der Waals surface area contributed by atoms with Crippen molar-refractivity contribution < 1.29 is 0 Å². The van der Waals surface area contributed by atoms with Crippen LogP contribution in [0.5, 0.6) is 0 Å². The first-order valence-corrected chi connectivity index (χ1v) is 5.90. The fraction of sp³-hybridized carbons (Fsp3) is 0. The molecule has 18 heavy (non-hydrogen) atoms. The van der Waals surface area contributed by atoms with Gasteiger partial charge in [0.1, 0.15) is 5.84 Å². The largest absolute Gasteiger partial charge is 0.383 e. The number of fused-ring (bicyclic) bond motifs is 1. The maximum Gasteiger partial charge on any atom is 0.162 e. The number of hydrogen-bond donors (Lipinski definition) is 1. The third-order valence-electron chi connectivity index (χ3n) is 2.75. The Kier molecular flexibility index (Phi) is 2.61. The summed E-state index contributed by atoms with van der Waals surface area (Å²) in [6.07, 6.45) is 0. The normalized spacial score (nSPS) is 15.6. The molecule has 0 saturated heterocycles. The highest BCUT2D eigenvalue weighted by molar-refractivity contribution is 6.33. The Morgan fingerprint density at radius 2 is 1.61 bits per heavy atom. The van der Waals surface area contributed by atoms with Gasteiger partial charge < -0.3 is 5.73 Å². The first-order valence-electron chi connectivity index (χ1n) is 5.53. The molecule has 1 aliphatic heterocycles. The minimum atomic E-state index is 0.497. The molecule has 4 heteroatoms. The predicted octanol–water partition coefficient (Wildman–Crippen LogP) is 3.14. The third kappa shape index (κ3) is 1.79. The lowest BCUT2D eigenvalue weighted by Crippen LogP contribution is -2.09. The maximum absolute atomic E-state index is 6.08. The second-order valence-electron chi connectivity index (χ2n) is 3.93. The zero-order valence-electron chi connectivity index (χ0n) is 9.47. The number of benzene rings is 2. The van der Waals surface area contributed by atoms with Crippen LogP contribution < -0.4 is 5.73 Å². The van der Waals surface area contributed by atoms with Crippen molar-refractivity contribution in [2.75, 3.05) is 0 Å². The second-order valence-corrected chi connectivity index (χ2v) is 4.34. The smallest absolute Gasteiger partial charge is 0.162 e. The van der Waals surface area contributed by atoms with Gasteiger partial charge >= 0.3 is 0 Å². The minimum absolute atomic E-state index is 0.497. The van der Waals surface area contributed by atoms with Gasteiger partial charge in [-0.15, -0.1) is 0 Å². The lowest BCUT2D eigenvalue weighted by Gasteiger charge is -2.00. The minimum Gasteiger partial charge on any atom is -0.383 e. The summed E-state index contributed by atoms with van der Waals surface area (Å²) in [5.41, 5.74) is 8.42. The summed E-state index contributed by atoms with van der Waals surface area (Å²) in [6.45, 7) is 0.